The lowest BCUT2D eigenvalue weighted by atomic mass is 10.1. The number of ketones is 1. The Morgan fingerprint density at radius 3 is 2.86 bits per heavy atom. The van der Waals surface area contributed by atoms with Crippen molar-refractivity contribution in [2.75, 3.05) is 0 Å². The molecule has 1 aromatic carbocycles. The third-order valence-corrected chi connectivity index (χ3v) is 2.24. The summed E-state index contributed by atoms with van der Waals surface area (Å²) in [6.07, 6.45) is 1.82. The van der Waals surface area contributed by atoms with Crippen molar-refractivity contribution < 1.29 is 9.59 Å². The van der Waals surface area contributed by atoms with Crippen molar-refractivity contribution in [3.63, 3.8) is 0 Å². The van der Waals surface area contributed by atoms with Crippen LogP contribution in [0.4, 0.5) is 5.69 Å². The smallest absolute Gasteiger partial charge is 0.240 e. The molecule has 0 heterocycles. The Bertz CT molecular complexity index is 409. The van der Waals surface area contributed by atoms with Crippen LogP contribution in [0.2, 0.25) is 0 Å². The van der Waals surface area contributed by atoms with Gasteiger partial charge in [-0.25, -0.2) is 4.79 Å². The maximum absolute atomic E-state index is 11.4. The fourth-order valence-corrected chi connectivity index (χ4v) is 1.42. The number of isocyanates is 1. The predicted molar refractivity (Wildman–Crippen MR) is 56.5 cm³/mol. The van der Waals surface area contributed by atoms with Crippen molar-refractivity contribution in [2.24, 2.45) is 4.99 Å². The van der Waals surface area contributed by atoms with Crippen molar-refractivity contribution in [3.8, 4) is 0 Å². The molecule has 0 saturated heterocycles. The van der Waals surface area contributed by atoms with E-state index in [1.54, 1.807) is 25.1 Å². The summed E-state index contributed by atoms with van der Waals surface area (Å²) < 4.78 is 0.777. The van der Waals surface area contributed by atoms with E-state index in [4.69, 9.17) is 0 Å². The molecular formula is C10H8BrNO2. The molecule has 0 fully saturated rings. The number of aliphatic imine (C=N–C) groups is 1. The van der Waals surface area contributed by atoms with E-state index in [1.807, 2.05) is 0 Å². The summed E-state index contributed by atoms with van der Waals surface area (Å²) in [7, 11) is 0. The van der Waals surface area contributed by atoms with E-state index in [0.717, 1.165) is 4.47 Å². The SMILES string of the molecule is CCC(=O)c1ccc(Br)cc1N=C=O. The number of Topliss-reactive ketones (excluding diaryl/α,β-unsaturated/α-hetero) is 1. The van der Waals surface area contributed by atoms with Gasteiger partial charge < -0.3 is 0 Å². The summed E-state index contributed by atoms with van der Waals surface area (Å²) in [5, 5.41) is 0. The summed E-state index contributed by atoms with van der Waals surface area (Å²) in [6.45, 7) is 1.76. The first kappa shape index (κ1) is 10.8. The minimum atomic E-state index is -0.0356. The van der Waals surface area contributed by atoms with Gasteiger partial charge in [0.25, 0.3) is 0 Å². The largest absolute Gasteiger partial charge is 0.294 e. The minimum absolute atomic E-state index is 0.0356. The fourth-order valence-electron chi connectivity index (χ4n) is 1.07. The third kappa shape index (κ3) is 2.37. The van der Waals surface area contributed by atoms with Crippen molar-refractivity contribution >= 4 is 33.5 Å². The Kier molecular flexibility index (Phi) is 3.74. The first-order valence-corrected chi connectivity index (χ1v) is 4.89. The van der Waals surface area contributed by atoms with Crippen LogP contribution in [0.1, 0.15) is 23.7 Å². The lowest BCUT2D eigenvalue weighted by Crippen LogP contribution is -1.96. The summed E-state index contributed by atoms with van der Waals surface area (Å²) in [6, 6.07) is 5.01. The Balaban J connectivity index is 3.28. The Morgan fingerprint density at radius 2 is 2.29 bits per heavy atom. The van der Waals surface area contributed by atoms with Crippen molar-refractivity contribution in [2.45, 2.75) is 13.3 Å². The van der Waals surface area contributed by atoms with Crippen LogP contribution in [0, 0.1) is 0 Å². The monoisotopic (exact) mass is 253 g/mol. The average molecular weight is 254 g/mol. The van der Waals surface area contributed by atoms with Gasteiger partial charge in [0.05, 0.1) is 5.69 Å². The molecule has 1 rings (SSSR count). The van der Waals surface area contributed by atoms with Crippen LogP contribution in [-0.4, -0.2) is 11.9 Å². The summed E-state index contributed by atoms with van der Waals surface area (Å²) in [5.41, 5.74) is 0.820. The zero-order valence-electron chi connectivity index (χ0n) is 7.58. The standard InChI is InChI=1S/C10H8BrNO2/c1-2-10(14)8-4-3-7(11)5-9(8)12-6-13/h3-5H,2H2,1H3. The van der Waals surface area contributed by atoms with Gasteiger partial charge in [-0.2, -0.15) is 4.99 Å². The van der Waals surface area contributed by atoms with Crippen molar-refractivity contribution in [1.82, 2.24) is 0 Å². The highest BCUT2D eigenvalue weighted by atomic mass is 79.9. The zero-order chi connectivity index (χ0) is 10.6. The number of benzene rings is 1. The normalized spacial score (nSPS) is 9.29. The highest BCUT2D eigenvalue weighted by Gasteiger charge is 2.09. The summed E-state index contributed by atoms with van der Waals surface area (Å²) in [5.74, 6) is -0.0356. The number of halogens is 1. The molecule has 14 heavy (non-hydrogen) atoms. The fraction of sp³-hybridized carbons (Fsp3) is 0.200. The summed E-state index contributed by atoms with van der Waals surface area (Å²) in [4.78, 5) is 25.0. The topological polar surface area (TPSA) is 46.5 Å². The van der Waals surface area contributed by atoms with E-state index in [0.29, 0.717) is 17.7 Å². The van der Waals surface area contributed by atoms with E-state index in [-0.39, 0.29) is 5.78 Å². The Morgan fingerprint density at radius 1 is 1.57 bits per heavy atom. The molecule has 0 aliphatic heterocycles. The van der Waals surface area contributed by atoms with Crippen LogP contribution in [0.25, 0.3) is 0 Å². The van der Waals surface area contributed by atoms with Crippen LogP contribution in [0.15, 0.2) is 27.7 Å². The number of carbonyl (C=O) groups is 1. The average Bonchev–Trinajstić information content (AvgIpc) is 2.17. The Hall–Kier alpha value is -1.25. The van der Waals surface area contributed by atoms with Gasteiger partial charge >= 0.3 is 0 Å². The molecule has 0 spiro atoms. The molecule has 0 N–H and O–H groups in total. The molecule has 0 atom stereocenters. The molecule has 0 radical (unpaired) electrons. The molecule has 1 aromatic rings. The van der Waals surface area contributed by atoms with Gasteiger partial charge in [-0.3, -0.25) is 4.79 Å². The van der Waals surface area contributed by atoms with Gasteiger partial charge in [0.2, 0.25) is 6.08 Å². The van der Waals surface area contributed by atoms with Crippen LogP contribution in [-0.2, 0) is 4.79 Å². The number of carbonyl (C=O) groups excluding carboxylic acids is 2. The van der Waals surface area contributed by atoms with Gasteiger partial charge in [-0.05, 0) is 18.2 Å². The van der Waals surface area contributed by atoms with Crippen molar-refractivity contribution in [3.05, 3.63) is 28.2 Å². The quantitative estimate of drug-likeness (QED) is 0.473. The lowest BCUT2D eigenvalue weighted by Gasteiger charge is -2.01. The molecule has 0 aliphatic rings. The van der Waals surface area contributed by atoms with Gasteiger partial charge in [-0.1, -0.05) is 22.9 Å². The molecule has 0 aromatic heterocycles. The number of nitrogens with zero attached hydrogens (tertiary/aromatic N) is 1. The van der Waals surface area contributed by atoms with Gasteiger partial charge in [0.15, 0.2) is 5.78 Å². The van der Waals surface area contributed by atoms with Gasteiger partial charge in [0.1, 0.15) is 0 Å². The summed E-state index contributed by atoms with van der Waals surface area (Å²) >= 11 is 3.24. The van der Waals surface area contributed by atoms with Crippen LogP contribution in [0.5, 0.6) is 0 Å². The molecular weight excluding hydrogens is 246 g/mol. The van der Waals surface area contributed by atoms with E-state index in [2.05, 4.69) is 20.9 Å². The second kappa shape index (κ2) is 4.84. The molecule has 0 saturated carbocycles. The zero-order valence-corrected chi connectivity index (χ0v) is 9.17. The first-order chi connectivity index (χ1) is 6.69. The highest BCUT2D eigenvalue weighted by Crippen LogP contribution is 2.24. The molecule has 72 valence electrons. The number of hydrogen-bond acceptors (Lipinski definition) is 3. The molecule has 3 nitrogen and oxygen atoms in total. The van der Waals surface area contributed by atoms with E-state index in [1.165, 1.54) is 6.08 Å². The lowest BCUT2D eigenvalue weighted by molar-refractivity contribution is 0.0989. The molecule has 0 amide bonds. The van der Waals surface area contributed by atoms with Crippen molar-refractivity contribution in [1.29, 1.82) is 0 Å². The van der Waals surface area contributed by atoms with Gasteiger partial charge in [-0.15, -0.1) is 0 Å². The second-order valence-corrected chi connectivity index (χ2v) is 3.56. The highest BCUT2D eigenvalue weighted by molar-refractivity contribution is 9.10. The molecule has 4 heteroatoms. The second-order valence-electron chi connectivity index (χ2n) is 2.64. The van der Waals surface area contributed by atoms with Crippen LogP contribution in [0.3, 0.4) is 0 Å². The minimum Gasteiger partial charge on any atom is -0.294 e. The van der Waals surface area contributed by atoms with Gasteiger partial charge in [0, 0.05) is 16.5 Å². The first-order valence-electron chi connectivity index (χ1n) is 4.09. The van der Waals surface area contributed by atoms with E-state index in [9.17, 15) is 9.59 Å². The van der Waals surface area contributed by atoms with Crippen LogP contribution >= 0.6 is 15.9 Å². The molecule has 0 unspecified atom stereocenters. The maximum atomic E-state index is 11.4. The van der Waals surface area contributed by atoms with E-state index < -0.39 is 0 Å². The van der Waals surface area contributed by atoms with E-state index >= 15 is 0 Å². The maximum Gasteiger partial charge on any atom is 0.240 e. The number of rotatable bonds is 3. The van der Waals surface area contributed by atoms with Crippen LogP contribution < -0.4 is 0 Å². The molecule has 0 aliphatic carbocycles. The Labute approximate surface area is 90.0 Å². The third-order valence-electron chi connectivity index (χ3n) is 1.75. The number of hydrogen-bond donors (Lipinski definition) is 0. The predicted octanol–water partition coefficient (Wildman–Crippen LogP) is 3.01. The molecule has 0 bridgehead atoms.